The zero-order valence-corrected chi connectivity index (χ0v) is 13.4. The fourth-order valence-corrected chi connectivity index (χ4v) is 2.60. The van der Waals surface area contributed by atoms with E-state index in [1.54, 1.807) is 0 Å². The number of rotatable bonds is 6. The first-order valence-corrected chi connectivity index (χ1v) is 7.77. The fourth-order valence-electron chi connectivity index (χ4n) is 2.21. The van der Waals surface area contributed by atoms with Gasteiger partial charge < -0.3 is 9.84 Å². The highest BCUT2D eigenvalue weighted by Gasteiger charge is 2.12. The Morgan fingerprint density at radius 3 is 2.52 bits per heavy atom. The minimum absolute atomic E-state index is 0.0171. The van der Waals surface area contributed by atoms with E-state index in [1.165, 1.54) is 0 Å². The largest absolute Gasteiger partial charge is 0.492 e. The summed E-state index contributed by atoms with van der Waals surface area (Å²) >= 11 is 12.1. The summed E-state index contributed by atoms with van der Waals surface area (Å²) in [5.41, 5.74) is 3.85. The summed E-state index contributed by atoms with van der Waals surface area (Å²) in [7, 11) is 0. The molecule has 0 saturated heterocycles. The van der Waals surface area contributed by atoms with Crippen molar-refractivity contribution in [3.05, 3.63) is 52.5 Å². The van der Waals surface area contributed by atoms with E-state index in [-0.39, 0.29) is 6.61 Å². The molecular formula is C17H18Cl2O2. The van der Waals surface area contributed by atoms with Crippen LogP contribution in [0.3, 0.4) is 0 Å². The summed E-state index contributed by atoms with van der Waals surface area (Å²) in [6.45, 7) is 2.55. The molecule has 2 nitrogen and oxygen atoms in total. The molecule has 0 heterocycles. The maximum absolute atomic E-state index is 9.39. The van der Waals surface area contributed by atoms with Crippen molar-refractivity contribution in [2.75, 3.05) is 12.5 Å². The molecule has 0 aliphatic carbocycles. The van der Waals surface area contributed by atoms with E-state index >= 15 is 0 Å². The lowest BCUT2D eigenvalue weighted by Crippen LogP contribution is -1.99. The van der Waals surface area contributed by atoms with Crippen LogP contribution in [0, 0.1) is 6.92 Å². The van der Waals surface area contributed by atoms with E-state index in [4.69, 9.17) is 27.9 Å². The first-order valence-electron chi connectivity index (χ1n) is 6.86. The maximum Gasteiger partial charge on any atom is 0.138 e. The molecule has 0 radical (unpaired) electrons. The Kier molecular flexibility index (Phi) is 5.92. The minimum Gasteiger partial charge on any atom is -0.492 e. The fraction of sp³-hybridized carbons (Fsp3) is 0.294. The van der Waals surface area contributed by atoms with Crippen LogP contribution >= 0.6 is 23.2 Å². The summed E-state index contributed by atoms with van der Waals surface area (Å²) in [5, 5.41) is 9.97. The molecule has 0 aliphatic heterocycles. The average Bonchev–Trinajstić information content (AvgIpc) is 2.50. The highest BCUT2D eigenvalue weighted by atomic mass is 35.5. The van der Waals surface area contributed by atoms with E-state index in [1.807, 2.05) is 43.3 Å². The Morgan fingerprint density at radius 2 is 1.81 bits per heavy atom. The third kappa shape index (κ3) is 3.70. The minimum atomic E-state index is 0.0171. The van der Waals surface area contributed by atoms with Crippen LogP contribution in [0.4, 0.5) is 0 Å². The molecule has 0 atom stereocenters. The lowest BCUT2D eigenvalue weighted by molar-refractivity contribution is 0.281. The molecule has 0 spiro atoms. The number of hydrogen-bond donors (Lipinski definition) is 1. The van der Waals surface area contributed by atoms with Gasteiger partial charge in [0.15, 0.2) is 0 Å². The molecule has 0 unspecified atom stereocenters. The monoisotopic (exact) mass is 324 g/mol. The zero-order valence-electron chi connectivity index (χ0n) is 11.9. The number of aliphatic hydroxyl groups excluding tert-OH is 1. The zero-order chi connectivity index (χ0) is 15.2. The number of hydrogen-bond acceptors (Lipinski definition) is 2. The van der Waals surface area contributed by atoms with Gasteiger partial charge >= 0.3 is 0 Å². The van der Waals surface area contributed by atoms with Gasteiger partial charge in [0, 0.05) is 11.4 Å². The molecule has 1 N–H and O–H groups in total. The number of halogens is 2. The lowest BCUT2D eigenvalue weighted by atomic mass is 9.96. The Balaban J connectivity index is 2.38. The average molecular weight is 325 g/mol. The third-order valence-corrected chi connectivity index (χ3v) is 4.06. The molecule has 0 fully saturated rings. The van der Waals surface area contributed by atoms with Crippen molar-refractivity contribution in [3.63, 3.8) is 0 Å². The highest BCUT2D eigenvalue weighted by Crippen LogP contribution is 2.37. The normalized spacial score (nSPS) is 10.7. The van der Waals surface area contributed by atoms with Crippen LogP contribution in [0.1, 0.15) is 17.5 Å². The van der Waals surface area contributed by atoms with E-state index < -0.39 is 0 Å². The molecule has 2 aromatic rings. The highest BCUT2D eigenvalue weighted by molar-refractivity contribution is 6.34. The Morgan fingerprint density at radius 1 is 1.10 bits per heavy atom. The van der Waals surface area contributed by atoms with E-state index in [0.29, 0.717) is 23.3 Å². The number of aliphatic hydroxyl groups is 1. The molecule has 4 heteroatoms. The molecule has 0 bridgehead atoms. The Labute approximate surface area is 135 Å². The van der Waals surface area contributed by atoms with E-state index in [9.17, 15) is 5.11 Å². The predicted octanol–water partition coefficient (Wildman–Crippen LogP) is 4.82. The van der Waals surface area contributed by atoms with Gasteiger partial charge in [0.2, 0.25) is 0 Å². The Hall–Kier alpha value is -1.22. The quantitative estimate of drug-likeness (QED) is 0.610. The van der Waals surface area contributed by atoms with E-state index in [2.05, 4.69) is 0 Å². The summed E-state index contributed by atoms with van der Waals surface area (Å²) in [6, 6.07) is 11.6. The van der Waals surface area contributed by atoms with Gasteiger partial charge in [0.25, 0.3) is 0 Å². The van der Waals surface area contributed by atoms with Crippen molar-refractivity contribution < 1.29 is 9.84 Å². The van der Waals surface area contributed by atoms with Crippen LogP contribution in [-0.2, 0) is 6.61 Å². The van der Waals surface area contributed by atoms with Crippen molar-refractivity contribution in [1.29, 1.82) is 0 Å². The second kappa shape index (κ2) is 7.69. The van der Waals surface area contributed by atoms with E-state index in [0.717, 1.165) is 28.7 Å². The van der Waals surface area contributed by atoms with Crippen molar-refractivity contribution >= 4 is 23.2 Å². The topological polar surface area (TPSA) is 29.5 Å². The summed E-state index contributed by atoms with van der Waals surface area (Å²) < 4.78 is 5.67. The predicted molar refractivity (Wildman–Crippen MR) is 88.4 cm³/mol. The van der Waals surface area contributed by atoms with Crippen molar-refractivity contribution in [3.8, 4) is 16.9 Å². The number of ether oxygens (including phenoxy) is 1. The van der Waals surface area contributed by atoms with Crippen molar-refractivity contribution in [2.24, 2.45) is 0 Å². The smallest absolute Gasteiger partial charge is 0.138 e. The lowest BCUT2D eigenvalue weighted by Gasteiger charge is -2.14. The molecular weight excluding hydrogens is 307 g/mol. The van der Waals surface area contributed by atoms with Crippen LogP contribution in [0.15, 0.2) is 36.4 Å². The van der Waals surface area contributed by atoms with Gasteiger partial charge in [0.05, 0.1) is 18.2 Å². The van der Waals surface area contributed by atoms with Crippen LogP contribution in [0.2, 0.25) is 5.02 Å². The van der Waals surface area contributed by atoms with Gasteiger partial charge in [-0.3, -0.25) is 0 Å². The Bertz CT molecular complexity index is 612. The summed E-state index contributed by atoms with van der Waals surface area (Å²) in [5.74, 6) is 1.22. The molecule has 112 valence electrons. The second-order valence-corrected chi connectivity index (χ2v) is 5.51. The number of benzene rings is 2. The summed E-state index contributed by atoms with van der Waals surface area (Å²) in [6.07, 6.45) is 0.779. The SMILES string of the molecule is Cc1c(CO)cccc1-c1cccc(OCCCCl)c1Cl. The second-order valence-electron chi connectivity index (χ2n) is 4.76. The standard InChI is InChI=1S/C17H18Cl2O2/c1-12-13(11-20)5-2-6-14(12)15-7-3-8-16(17(15)19)21-10-4-9-18/h2-3,5-8,20H,4,9-11H2,1H3. The van der Waals surface area contributed by atoms with Gasteiger partial charge in [-0.2, -0.15) is 0 Å². The molecule has 0 aliphatic rings. The third-order valence-electron chi connectivity index (χ3n) is 3.41. The van der Waals surface area contributed by atoms with Gasteiger partial charge in [0.1, 0.15) is 5.75 Å². The molecule has 0 amide bonds. The van der Waals surface area contributed by atoms with Crippen LogP contribution in [-0.4, -0.2) is 17.6 Å². The molecule has 0 aromatic heterocycles. The maximum atomic E-state index is 9.39. The van der Waals surface area contributed by atoms with Crippen molar-refractivity contribution in [1.82, 2.24) is 0 Å². The van der Waals surface area contributed by atoms with Crippen molar-refractivity contribution in [2.45, 2.75) is 20.0 Å². The van der Waals surface area contributed by atoms with Gasteiger partial charge in [-0.15, -0.1) is 11.6 Å². The summed E-state index contributed by atoms with van der Waals surface area (Å²) in [4.78, 5) is 0. The van der Waals surface area contributed by atoms with Crippen LogP contribution < -0.4 is 4.74 Å². The first-order chi connectivity index (χ1) is 10.2. The van der Waals surface area contributed by atoms with Crippen LogP contribution in [0.25, 0.3) is 11.1 Å². The number of alkyl halides is 1. The molecule has 2 rings (SSSR count). The molecule has 21 heavy (non-hydrogen) atoms. The van der Waals surface area contributed by atoms with Gasteiger partial charge in [-0.25, -0.2) is 0 Å². The van der Waals surface area contributed by atoms with Gasteiger partial charge in [-0.05, 0) is 36.1 Å². The molecule has 2 aromatic carbocycles. The first kappa shape index (κ1) is 16.2. The van der Waals surface area contributed by atoms with Crippen LogP contribution in [0.5, 0.6) is 5.75 Å². The van der Waals surface area contributed by atoms with Gasteiger partial charge in [-0.1, -0.05) is 41.9 Å². The molecule has 0 saturated carbocycles.